The minimum atomic E-state index is -2.89. The SMILES string of the molecule is O=S1(=O)CCC(Cc2nnc(SC(c3ccccc3)c3ccccc3)o2)C1. The quantitative estimate of drug-likeness (QED) is 0.584. The van der Waals surface area contributed by atoms with E-state index in [1.807, 2.05) is 36.4 Å². The van der Waals surface area contributed by atoms with Gasteiger partial charge in [-0.1, -0.05) is 72.4 Å². The molecule has 1 aliphatic heterocycles. The highest BCUT2D eigenvalue weighted by Crippen LogP contribution is 2.39. The summed E-state index contributed by atoms with van der Waals surface area (Å²) in [4.78, 5) is 0. The van der Waals surface area contributed by atoms with Gasteiger partial charge in [0.05, 0.1) is 16.8 Å². The van der Waals surface area contributed by atoms with Gasteiger partial charge in [-0.2, -0.15) is 0 Å². The van der Waals surface area contributed by atoms with E-state index in [-0.39, 0.29) is 22.7 Å². The molecule has 0 N–H and O–H groups in total. The van der Waals surface area contributed by atoms with Gasteiger partial charge < -0.3 is 4.42 Å². The van der Waals surface area contributed by atoms with Crippen LogP contribution in [0.1, 0.15) is 28.7 Å². The number of aromatic nitrogens is 2. The summed E-state index contributed by atoms with van der Waals surface area (Å²) < 4.78 is 29.1. The monoisotopic (exact) mass is 400 g/mol. The smallest absolute Gasteiger partial charge is 0.277 e. The van der Waals surface area contributed by atoms with Gasteiger partial charge >= 0.3 is 0 Å². The second-order valence-electron chi connectivity index (χ2n) is 6.75. The third-order valence-corrected chi connectivity index (χ3v) is 7.65. The Kier molecular flexibility index (Phi) is 5.31. The molecule has 27 heavy (non-hydrogen) atoms. The zero-order valence-corrected chi connectivity index (χ0v) is 16.3. The molecule has 0 amide bonds. The first-order chi connectivity index (χ1) is 13.1. The lowest BCUT2D eigenvalue weighted by molar-refractivity contribution is 0.389. The standard InChI is InChI=1S/C20H20N2O3S2/c23-27(24)12-11-15(14-27)13-18-21-22-20(25-18)26-19(16-7-3-1-4-8-16)17-9-5-2-6-10-17/h1-10,15,19H,11-14H2. The fourth-order valence-electron chi connectivity index (χ4n) is 3.33. The lowest BCUT2D eigenvalue weighted by Crippen LogP contribution is -2.07. The van der Waals surface area contributed by atoms with Crippen LogP contribution in [-0.2, 0) is 16.3 Å². The Morgan fingerprint density at radius 2 is 1.63 bits per heavy atom. The van der Waals surface area contributed by atoms with Crippen LogP contribution >= 0.6 is 11.8 Å². The van der Waals surface area contributed by atoms with Gasteiger partial charge in [0, 0.05) is 6.42 Å². The number of hydrogen-bond acceptors (Lipinski definition) is 6. The number of benzene rings is 2. The fraction of sp³-hybridized carbons (Fsp3) is 0.300. The summed E-state index contributed by atoms with van der Waals surface area (Å²) in [6, 6.07) is 20.4. The predicted octanol–water partition coefficient (Wildman–Crippen LogP) is 3.93. The molecule has 2 heterocycles. The molecule has 0 saturated carbocycles. The van der Waals surface area contributed by atoms with Crippen molar-refractivity contribution >= 4 is 21.6 Å². The van der Waals surface area contributed by atoms with Crippen LogP contribution in [0.4, 0.5) is 0 Å². The number of sulfone groups is 1. The van der Waals surface area contributed by atoms with Crippen LogP contribution < -0.4 is 0 Å². The van der Waals surface area contributed by atoms with Crippen molar-refractivity contribution in [2.24, 2.45) is 5.92 Å². The topological polar surface area (TPSA) is 73.1 Å². The van der Waals surface area contributed by atoms with Crippen LogP contribution in [0.25, 0.3) is 0 Å². The van der Waals surface area contributed by atoms with Gasteiger partial charge in [-0.3, -0.25) is 0 Å². The summed E-state index contributed by atoms with van der Waals surface area (Å²) >= 11 is 1.51. The highest BCUT2D eigenvalue weighted by Gasteiger charge is 2.29. The third kappa shape index (κ3) is 4.59. The highest BCUT2D eigenvalue weighted by molar-refractivity contribution is 7.99. The van der Waals surface area contributed by atoms with Gasteiger partial charge in [-0.15, -0.1) is 10.2 Å². The maximum absolute atomic E-state index is 11.6. The first-order valence-corrected chi connectivity index (χ1v) is 11.6. The van der Waals surface area contributed by atoms with Crippen LogP contribution in [-0.4, -0.2) is 30.1 Å². The van der Waals surface area contributed by atoms with E-state index in [0.717, 1.165) is 11.1 Å². The van der Waals surface area contributed by atoms with Gasteiger partial charge in [-0.05, 0) is 23.5 Å². The first kappa shape index (κ1) is 18.3. The molecule has 1 aliphatic rings. The van der Waals surface area contributed by atoms with E-state index in [2.05, 4.69) is 34.5 Å². The molecule has 1 atom stereocenters. The van der Waals surface area contributed by atoms with Crippen molar-refractivity contribution in [3.8, 4) is 0 Å². The average Bonchev–Trinajstić information content (AvgIpc) is 3.27. The Morgan fingerprint density at radius 3 is 2.19 bits per heavy atom. The molecule has 3 aromatic rings. The zero-order valence-electron chi connectivity index (χ0n) is 14.7. The lowest BCUT2D eigenvalue weighted by atomic mass is 10.0. The van der Waals surface area contributed by atoms with E-state index in [1.165, 1.54) is 11.8 Å². The van der Waals surface area contributed by atoms with E-state index < -0.39 is 9.84 Å². The van der Waals surface area contributed by atoms with Crippen molar-refractivity contribution in [1.82, 2.24) is 10.2 Å². The van der Waals surface area contributed by atoms with Crippen LogP contribution in [0.15, 0.2) is 70.3 Å². The largest absolute Gasteiger partial charge is 0.416 e. The summed E-state index contributed by atoms with van der Waals surface area (Å²) in [5.74, 6) is 1.07. The van der Waals surface area contributed by atoms with Crippen molar-refractivity contribution in [2.45, 2.75) is 23.3 Å². The molecule has 0 spiro atoms. The zero-order chi connectivity index (χ0) is 18.7. The molecule has 0 aliphatic carbocycles. The Hall–Kier alpha value is -2.12. The molecule has 1 fully saturated rings. The lowest BCUT2D eigenvalue weighted by Gasteiger charge is -2.15. The fourth-order valence-corrected chi connectivity index (χ4v) is 6.22. The Labute approximate surface area is 163 Å². The molecule has 2 aromatic carbocycles. The number of thioether (sulfide) groups is 1. The minimum Gasteiger partial charge on any atom is -0.416 e. The normalized spacial score (nSPS) is 18.8. The Bertz CT molecular complexity index is 949. The van der Waals surface area contributed by atoms with Crippen LogP contribution in [0.2, 0.25) is 0 Å². The van der Waals surface area contributed by atoms with Crippen molar-refractivity contribution in [2.75, 3.05) is 11.5 Å². The molecule has 140 valence electrons. The Morgan fingerprint density at radius 1 is 1.00 bits per heavy atom. The summed E-state index contributed by atoms with van der Waals surface area (Å²) in [7, 11) is -2.89. The maximum Gasteiger partial charge on any atom is 0.277 e. The molecule has 1 unspecified atom stereocenters. The van der Waals surface area contributed by atoms with Gasteiger partial charge in [0.25, 0.3) is 5.22 Å². The number of rotatable bonds is 6. The number of nitrogens with zero attached hydrogens (tertiary/aromatic N) is 2. The minimum absolute atomic E-state index is 0.0487. The second-order valence-corrected chi connectivity index (χ2v) is 10.0. The van der Waals surface area contributed by atoms with Gasteiger partial charge in [0.1, 0.15) is 0 Å². The van der Waals surface area contributed by atoms with Crippen LogP contribution in [0.5, 0.6) is 0 Å². The van der Waals surface area contributed by atoms with Crippen LogP contribution in [0.3, 0.4) is 0 Å². The molecular formula is C20H20N2O3S2. The van der Waals surface area contributed by atoms with E-state index in [0.29, 0.717) is 24.0 Å². The van der Waals surface area contributed by atoms with Crippen molar-refractivity contribution < 1.29 is 12.8 Å². The van der Waals surface area contributed by atoms with Crippen molar-refractivity contribution in [1.29, 1.82) is 0 Å². The van der Waals surface area contributed by atoms with Gasteiger partial charge in [0.15, 0.2) is 9.84 Å². The maximum atomic E-state index is 11.6. The molecule has 1 aromatic heterocycles. The molecule has 4 rings (SSSR count). The van der Waals surface area contributed by atoms with Gasteiger partial charge in [0.2, 0.25) is 5.89 Å². The second kappa shape index (κ2) is 7.86. The molecule has 7 heteroatoms. The van der Waals surface area contributed by atoms with E-state index in [4.69, 9.17) is 4.42 Å². The molecule has 0 bridgehead atoms. The number of hydrogen-bond donors (Lipinski definition) is 0. The molecule has 5 nitrogen and oxygen atoms in total. The van der Waals surface area contributed by atoms with Crippen molar-refractivity contribution in [3.63, 3.8) is 0 Å². The summed E-state index contributed by atoms with van der Waals surface area (Å²) in [5, 5.41) is 8.87. The molecule has 1 saturated heterocycles. The van der Waals surface area contributed by atoms with E-state index in [9.17, 15) is 8.42 Å². The average molecular weight is 401 g/mol. The molecule has 0 radical (unpaired) electrons. The summed E-state index contributed by atoms with van der Waals surface area (Å²) in [5.41, 5.74) is 2.32. The van der Waals surface area contributed by atoms with Crippen LogP contribution in [0, 0.1) is 5.92 Å². The Balaban J connectivity index is 1.51. The predicted molar refractivity (Wildman–Crippen MR) is 105 cm³/mol. The third-order valence-electron chi connectivity index (χ3n) is 4.66. The summed E-state index contributed by atoms with van der Waals surface area (Å²) in [6.45, 7) is 0. The first-order valence-electron chi connectivity index (χ1n) is 8.88. The van der Waals surface area contributed by atoms with Crippen molar-refractivity contribution in [3.05, 3.63) is 77.7 Å². The van der Waals surface area contributed by atoms with E-state index in [1.54, 1.807) is 0 Å². The van der Waals surface area contributed by atoms with Gasteiger partial charge in [-0.25, -0.2) is 8.42 Å². The van der Waals surface area contributed by atoms with E-state index >= 15 is 0 Å². The highest BCUT2D eigenvalue weighted by atomic mass is 32.2. The summed E-state index contributed by atoms with van der Waals surface area (Å²) in [6.07, 6.45) is 1.19. The molecular weight excluding hydrogens is 380 g/mol.